The van der Waals surface area contributed by atoms with Crippen molar-refractivity contribution in [2.24, 2.45) is 0 Å². The van der Waals surface area contributed by atoms with Crippen LogP contribution in [0.25, 0.3) is 6.08 Å². The van der Waals surface area contributed by atoms with E-state index in [9.17, 15) is 10.1 Å². The summed E-state index contributed by atoms with van der Waals surface area (Å²) in [4.78, 5) is 11.4. The normalized spacial score (nSPS) is 20.2. The fourth-order valence-electron chi connectivity index (χ4n) is 3.27. The Morgan fingerprint density at radius 1 is 1.28 bits per heavy atom. The molecule has 0 saturated carbocycles. The summed E-state index contributed by atoms with van der Waals surface area (Å²) in [6.45, 7) is 1.59. The molecule has 0 aromatic heterocycles. The van der Waals surface area contributed by atoms with Crippen LogP contribution >= 0.6 is 11.8 Å². The topological polar surface area (TPSA) is 52.9 Å². The number of nitriles is 1. The molecule has 1 unspecified atom stereocenters. The standard InChI is InChI=1S/C21H22N2OS/c1-15(24)14-25-21-19(13-22)17(12-11-16-7-3-2-4-8-16)18-9-5-6-10-20(18)23-21/h2-4,7-8,11-12,21,23H,5-6,9-10,14H2,1H3/b12-11+. The quantitative estimate of drug-likeness (QED) is 0.843. The molecule has 1 heterocycles. The molecule has 1 aromatic rings. The molecule has 1 aromatic carbocycles. The van der Waals surface area contributed by atoms with Crippen molar-refractivity contribution in [1.82, 2.24) is 5.32 Å². The molecule has 128 valence electrons. The zero-order valence-electron chi connectivity index (χ0n) is 14.4. The first-order valence-corrected chi connectivity index (χ1v) is 9.71. The van der Waals surface area contributed by atoms with Crippen LogP contribution in [0.5, 0.6) is 0 Å². The highest BCUT2D eigenvalue weighted by Gasteiger charge is 2.29. The number of thioether (sulfide) groups is 1. The van der Waals surface area contributed by atoms with Gasteiger partial charge in [-0.25, -0.2) is 0 Å². The monoisotopic (exact) mass is 350 g/mol. The fraction of sp³-hybridized carbons (Fsp3) is 0.333. The zero-order valence-corrected chi connectivity index (χ0v) is 15.2. The lowest BCUT2D eigenvalue weighted by atomic mass is 9.85. The van der Waals surface area contributed by atoms with E-state index in [0.29, 0.717) is 5.75 Å². The lowest BCUT2D eigenvalue weighted by Crippen LogP contribution is -2.34. The Balaban J connectivity index is 1.97. The smallest absolute Gasteiger partial charge is 0.139 e. The van der Waals surface area contributed by atoms with Crippen molar-refractivity contribution < 1.29 is 4.79 Å². The highest BCUT2D eigenvalue weighted by atomic mass is 32.2. The largest absolute Gasteiger partial charge is 0.372 e. The summed E-state index contributed by atoms with van der Waals surface area (Å²) in [5, 5.41) is 13.2. The number of ketones is 1. The Morgan fingerprint density at radius 3 is 2.76 bits per heavy atom. The Bertz CT molecular complexity index is 784. The predicted molar refractivity (Wildman–Crippen MR) is 104 cm³/mol. The molecular formula is C21H22N2OS. The number of hydrogen-bond donors (Lipinski definition) is 1. The highest BCUT2D eigenvalue weighted by Crippen LogP contribution is 2.38. The van der Waals surface area contributed by atoms with Crippen LogP contribution in [-0.4, -0.2) is 16.9 Å². The van der Waals surface area contributed by atoms with Crippen LogP contribution in [0.15, 0.2) is 58.8 Å². The molecule has 3 nitrogen and oxygen atoms in total. The number of nitrogens with one attached hydrogen (secondary N) is 1. The lowest BCUT2D eigenvalue weighted by Gasteiger charge is -2.32. The van der Waals surface area contributed by atoms with Gasteiger partial charge in [-0.05, 0) is 49.3 Å². The molecule has 0 saturated heterocycles. The highest BCUT2D eigenvalue weighted by molar-refractivity contribution is 8.00. The number of carbonyl (C=O) groups excluding carboxylic acids is 1. The molecule has 1 aliphatic heterocycles. The molecule has 25 heavy (non-hydrogen) atoms. The molecule has 0 amide bonds. The van der Waals surface area contributed by atoms with Crippen molar-refractivity contribution >= 4 is 23.6 Å². The fourth-order valence-corrected chi connectivity index (χ4v) is 4.25. The predicted octanol–water partition coefficient (Wildman–Crippen LogP) is 4.60. The van der Waals surface area contributed by atoms with Crippen LogP contribution in [0.2, 0.25) is 0 Å². The van der Waals surface area contributed by atoms with Gasteiger partial charge in [0.05, 0.1) is 17.4 Å². The van der Waals surface area contributed by atoms with Crippen LogP contribution in [-0.2, 0) is 4.79 Å². The van der Waals surface area contributed by atoms with Gasteiger partial charge in [0, 0.05) is 5.70 Å². The second-order valence-corrected chi connectivity index (χ2v) is 7.48. The number of nitrogens with zero attached hydrogens (tertiary/aromatic N) is 1. The van der Waals surface area contributed by atoms with Gasteiger partial charge in [-0.2, -0.15) is 5.26 Å². The number of carbonyl (C=O) groups is 1. The Morgan fingerprint density at radius 2 is 2.04 bits per heavy atom. The summed E-state index contributed by atoms with van der Waals surface area (Å²) < 4.78 is 0. The summed E-state index contributed by atoms with van der Waals surface area (Å²) >= 11 is 1.51. The van der Waals surface area contributed by atoms with Crippen LogP contribution in [0.3, 0.4) is 0 Å². The first-order chi connectivity index (χ1) is 12.2. The van der Waals surface area contributed by atoms with E-state index < -0.39 is 0 Å². The summed E-state index contributed by atoms with van der Waals surface area (Å²) in [7, 11) is 0. The van der Waals surface area contributed by atoms with Gasteiger partial charge in [-0.3, -0.25) is 4.79 Å². The van der Waals surface area contributed by atoms with Crippen LogP contribution in [0.4, 0.5) is 0 Å². The number of benzene rings is 1. The maximum Gasteiger partial charge on any atom is 0.139 e. The van der Waals surface area contributed by atoms with E-state index in [2.05, 4.69) is 35.7 Å². The van der Waals surface area contributed by atoms with E-state index in [1.807, 2.05) is 18.2 Å². The van der Waals surface area contributed by atoms with E-state index in [1.165, 1.54) is 29.5 Å². The Kier molecular flexibility index (Phi) is 5.78. The summed E-state index contributed by atoms with van der Waals surface area (Å²) in [5.41, 5.74) is 5.42. The molecule has 4 heteroatoms. The second kappa shape index (κ2) is 8.22. The molecule has 2 aliphatic rings. The molecule has 1 N–H and O–H groups in total. The van der Waals surface area contributed by atoms with Crippen molar-refractivity contribution in [3.8, 4) is 6.07 Å². The number of dihydropyridines is 1. The van der Waals surface area contributed by atoms with Gasteiger partial charge in [-0.15, -0.1) is 11.8 Å². The molecule has 0 radical (unpaired) electrons. The van der Waals surface area contributed by atoms with Crippen molar-refractivity contribution in [2.75, 3.05) is 5.75 Å². The number of allylic oxidation sites excluding steroid dienone is 4. The molecular weight excluding hydrogens is 328 g/mol. The molecule has 0 bridgehead atoms. The Labute approximate surface area is 153 Å². The van der Waals surface area contributed by atoms with Gasteiger partial charge in [0.1, 0.15) is 11.2 Å². The third-order valence-electron chi connectivity index (χ3n) is 4.47. The van der Waals surface area contributed by atoms with E-state index >= 15 is 0 Å². The Hall–Kier alpha value is -2.25. The van der Waals surface area contributed by atoms with Gasteiger partial charge >= 0.3 is 0 Å². The van der Waals surface area contributed by atoms with Gasteiger partial charge in [0.2, 0.25) is 0 Å². The maximum absolute atomic E-state index is 11.4. The van der Waals surface area contributed by atoms with Crippen molar-refractivity contribution in [3.63, 3.8) is 0 Å². The van der Waals surface area contributed by atoms with Gasteiger partial charge < -0.3 is 5.32 Å². The molecule has 1 aliphatic carbocycles. The molecule has 0 fully saturated rings. The molecule has 3 rings (SSSR count). The summed E-state index contributed by atoms with van der Waals surface area (Å²) in [6.07, 6.45) is 8.52. The van der Waals surface area contributed by atoms with E-state index in [0.717, 1.165) is 36.0 Å². The van der Waals surface area contributed by atoms with Crippen LogP contribution in [0.1, 0.15) is 38.2 Å². The van der Waals surface area contributed by atoms with Gasteiger partial charge in [0.25, 0.3) is 0 Å². The van der Waals surface area contributed by atoms with Crippen molar-refractivity contribution in [1.29, 1.82) is 5.26 Å². The zero-order chi connectivity index (χ0) is 17.6. The third kappa shape index (κ3) is 4.24. The minimum atomic E-state index is -0.138. The number of Topliss-reactive ketones (excluding diaryl/α,β-unsaturated/α-hetero) is 1. The second-order valence-electron chi connectivity index (χ2n) is 6.38. The maximum atomic E-state index is 11.4. The van der Waals surface area contributed by atoms with Crippen LogP contribution < -0.4 is 5.32 Å². The third-order valence-corrected chi connectivity index (χ3v) is 5.73. The number of rotatable bonds is 5. The summed E-state index contributed by atoms with van der Waals surface area (Å²) in [6, 6.07) is 12.5. The molecule has 0 spiro atoms. The van der Waals surface area contributed by atoms with Crippen molar-refractivity contribution in [3.05, 3.63) is 64.4 Å². The lowest BCUT2D eigenvalue weighted by molar-refractivity contribution is -0.114. The SMILES string of the molecule is CC(=O)CSC1NC2=C(CCCC2)C(/C=C/c2ccccc2)=C1C#N. The van der Waals surface area contributed by atoms with Crippen molar-refractivity contribution in [2.45, 2.75) is 38.0 Å². The average Bonchev–Trinajstić information content (AvgIpc) is 2.64. The van der Waals surface area contributed by atoms with Crippen LogP contribution in [0, 0.1) is 11.3 Å². The van der Waals surface area contributed by atoms with Gasteiger partial charge in [0.15, 0.2) is 0 Å². The minimum Gasteiger partial charge on any atom is -0.372 e. The summed E-state index contributed by atoms with van der Waals surface area (Å²) in [5.74, 6) is 0.551. The minimum absolute atomic E-state index is 0.133. The molecule has 1 atom stereocenters. The first kappa shape index (κ1) is 17.6. The van der Waals surface area contributed by atoms with E-state index in [1.54, 1.807) is 6.92 Å². The van der Waals surface area contributed by atoms with Gasteiger partial charge in [-0.1, -0.05) is 42.5 Å². The average molecular weight is 350 g/mol. The first-order valence-electron chi connectivity index (χ1n) is 8.66. The number of hydrogen-bond acceptors (Lipinski definition) is 4. The van der Waals surface area contributed by atoms with E-state index in [4.69, 9.17) is 0 Å². The van der Waals surface area contributed by atoms with E-state index in [-0.39, 0.29) is 11.2 Å².